The second kappa shape index (κ2) is 7.45. The standard InChI is InChI=1S/C9H16F3NO3/c1-3-13(5-4-8(14)15-2)6-7-16-9(10,11)12/h3-7H2,1-2H3. The zero-order chi connectivity index (χ0) is 12.6. The molecule has 96 valence electrons. The number of hydrogen-bond acceptors (Lipinski definition) is 4. The lowest BCUT2D eigenvalue weighted by Crippen LogP contribution is -2.31. The third-order valence-electron chi connectivity index (χ3n) is 1.98. The highest BCUT2D eigenvalue weighted by Gasteiger charge is 2.28. The highest BCUT2D eigenvalue weighted by atomic mass is 19.4. The molecule has 0 amide bonds. The molecule has 0 bridgehead atoms. The van der Waals surface area contributed by atoms with E-state index in [9.17, 15) is 18.0 Å². The Kier molecular flexibility index (Phi) is 7.07. The Morgan fingerprint density at radius 2 is 1.94 bits per heavy atom. The molecule has 0 aliphatic heterocycles. The number of hydrogen-bond donors (Lipinski definition) is 0. The van der Waals surface area contributed by atoms with Crippen molar-refractivity contribution in [3.05, 3.63) is 0 Å². The SMILES string of the molecule is CCN(CCOC(F)(F)F)CCC(=O)OC. The number of esters is 1. The van der Waals surface area contributed by atoms with E-state index in [0.717, 1.165) is 0 Å². The highest BCUT2D eigenvalue weighted by Crippen LogP contribution is 2.15. The summed E-state index contributed by atoms with van der Waals surface area (Å²) in [6.07, 6.45) is -4.43. The van der Waals surface area contributed by atoms with Crippen molar-refractivity contribution in [1.82, 2.24) is 4.90 Å². The van der Waals surface area contributed by atoms with Gasteiger partial charge < -0.3 is 9.64 Å². The summed E-state index contributed by atoms with van der Waals surface area (Å²) >= 11 is 0. The van der Waals surface area contributed by atoms with Crippen LogP contribution in [-0.4, -0.2) is 50.6 Å². The minimum Gasteiger partial charge on any atom is -0.469 e. The van der Waals surface area contributed by atoms with E-state index in [-0.39, 0.29) is 18.9 Å². The van der Waals surface area contributed by atoms with E-state index in [4.69, 9.17) is 0 Å². The molecule has 0 aromatic heterocycles. The molecule has 0 aliphatic rings. The molecule has 0 aliphatic carbocycles. The van der Waals surface area contributed by atoms with Crippen LogP contribution < -0.4 is 0 Å². The summed E-state index contributed by atoms with van der Waals surface area (Å²) in [6.45, 7) is 2.42. The topological polar surface area (TPSA) is 38.8 Å². The van der Waals surface area contributed by atoms with Gasteiger partial charge in [-0.2, -0.15) is 0 Å². The minimum atomic E-state index is -4.60. The maximum atomic E-state index is 11.7. The molecule has 0 heterocycles. The molecular weight excluding hydrogens is 227 g/mol. The van der Waals surface area contributed by atoms with Crippen LogP contribution in [0.15, 0.2) is 0 Å². The van der Waals surface area contributed by atoms with Gasteiger partial charge in [0.2, 0.25) is 0 Å². The fourth-order valence-electron chi connectivity index (χ4n) is 1.07. The number of ether oxygens (including phenoxy) is 2. The zero-order valence-electron chi connectivity index (χ0n) is 9.34. The first-order valence-corrected chi connectivity index (χ1v) is 4.89. The van der Waals surface area contributed by atoms with Crippen LogP contribution in [0, 0.1) is 0 Å². The van der Waals surface area contributed by atoms with Crippen LogP contribution in [0.4, 0.5) is 13.2 Å². The summed E-state index contributed by atoms with van der Waals surface area (Å²) in [5.74, 6) is -0.379. The first-order chi connectivity index (χ1) is 7.39. The molecule has 0 saturated carbocycles. The van der Waals surface area contributed by atoms with Gasteiger partial charge in [-0.25, -0.2) is 0 Å². The third-order valence-corrected chi connectivity index (χ3v) is 1.98. The summed E-state index contributed by atoms with van der Waals surface area (Å²) in [7, 11) is 1.27. The van der Waals surface area contributed by atoms with E-state index in [0.29, 0.717) is 13.1 Å². The molecule has 4 nitrogen and oxygen atoms in total. The Hall–Kier alpha value is -0.820. The summed E-state index contributed by atoms with van der Waals surface area (Å²) in [6, 6.07) is 0. The molecule has 0 fully saturated rings. The molecule has 0 N–H and O–H groups in total. The van der Waals surface area contributed by atoms with E-state index >= 15 is 0 Å². The zero-order valence-corrected chi connectivity index (χ0v) is 9.34. The van der Waals surface area contributed by atoms with Crippen LogP contribution in [0.3, 0.4) is 0 Å². The molecule has 0 aromatic carbocycles. The molecule has 0 rings (SSSR count). The number of likely N-dealkylation sites (N-methyl/N-ethyl adjacent to an activating group) is 1. The van der Waals surface area contributed by atoms with Gasteiger partial charge in [-0.15, -0.1) is 13.2 Å². The smallest absolute Gasteiger partial charge is 0.469 e. The van der Waals surface area contributed by atoms with E-state index in [1.54, 1.807) is 11.8 Å². The van der Waals surface area contributed by atoms with Gasteiger partial charge in [0.05, 0.1) is 20.1 Å². The number of carbonyl (C=O) groups excluding carboxylic acids is 1. The van der Waals surface area contributed by atoms with Crippen molar-refractivity contribution < 1.29 is 27.4 Å². The van der Waals surface area contributed by atoms with Crippen molar-refractivity contribution >= 4 is 5.97 Å². The lowest BCUT2D eigenvalue weighted by atomic mass is 10.4. The molecule has 0 spiro atoms. The van der Waals surface area contributed by atoms with E-state index in [1.165, 1.54) is 7.11 Å². The molecule has 0 unspecified atom stereocenters. The third kappa shape index (κ3) is 8.49. The van der Waals surface area contributed by atoms with Gasteiger partial charge in [-0.05, 0) is 6.54 Å². The maximum Gasteiger partial charge on any atom is 0.522 e. The van der Waals surface area contributed by atoms with Crippen molar-refractivity contribution in [2.75, 3.05) is 33.4 Å². The Morgan fingerprint density at radius 1 is 1.31 bits per heavy atom. The predicted octanol–water partition coefficient (Wildman–Crippen LogP) is 1.41. The highest BCUT2D eigenvalue weighted by molar-refractivity contribution is 5.69. The van der Waals surface area contributed by atoms with Gasteiger partial charge in [0.25, 0.3) is 0 Å². The minimum absolute atomic E-state index is 0.132. The second-order valence-corrected chi connectivity index (χ2v) is 3.05. The first-order valence-electron chi connectivity index (χ1n) is 4.89. The molecule has 7 heteroatoms. The Morgan fingerprint density at radius 3 is 2.38 bits per heavy atom. The average molecular weight is 243 g/mol. The maximum absolute atomic E-state index is 11.7. The summed E-state index contributed by atoms with van der Waals surface area (Å²) < 4.78 is 43.1. The fraction of sp³-hybridized carbons (Fsp3) is 0.889. The van der Waals surface area contributed by atoms with Crippen molar-refractivity contribution in [3.8, 4) is 0 Å². The quantitative estimate of drug-likeness (QED) is 0.634. The number of alkyl halides is 3. The van der Waals surface area contributed by atoms with Crippen LogP contribution in [-0.2, 0) is 14.3 Å². The first kappa shape index (κ1) is 15.2. The normalized spacial score (nSPS) is 11.9. The van der Waals surface area contributed by atoms with Crippen LogP contribution in [0.5, 0.6) is 0 Å². The van der Waals surface area contributed by atoms with Gasteiger partial charge >= 0.3 is 12.3 Å². The number of methoxy groups -OCH3 is 1. The largest absolute Gasteiger partial charge is 0.522 e. The number of halogens is 3. The molecule has 0 radical (unpaired) electrons. The lowest BCUT2D eigenvalue weighted by molar-refractivity contribution is -0.325. The second-order valence-electron chi connectivity index (χ2n) is 3.05. The van der Waals surface area contributed by atoms with Crippen molar-refractivity contribution in [2.24, 2.45) is 0 Å². The van der Waals surface area contributed by atoms with Gasteiger partial charge in [-0.3, -0.25) is 9.53 Å². The molecule has 16 heavy (non-hydrogen) atoms. The Balaban J connectivity index is 3.71. The number of rotatable bonds is 7. The van der Waals surface area contributed by atoms with Gasteiger partial charge in [0.15, 0.2) is 0 Å². The van der Waals surface area contributed by atoms with Crippen molar-refractivity contribution in [2.45, 2.75) is 19.7 Å². The van der Waals surface area contributed by atoms with Crippen LogP contribution in [0.2, 0.25) is 0 Å². The lowest BCUT2D eigenvalue weighted by Gasteiger charge is -2.19. The fourth-order valence-corrected chi connectivity index (χ4v) is 1.07. The summed E-state index contributed by atoms with van der Waals surface area (Å²) in [4.78, 5) is 12.5. The van der Waals surface area contributed by atoms with Crippen molar-refractivity contribution in [1.29, 1.82) is 0 Å². The van der Waals surface area contributed by atoms with Gasteiger partial charge in [-0.1, -0.05) is 6.92 Å². The molecule has 0 saturated heterocycles. The van der Waals surface area contributed by atoms with Gasteiger partial charge in [0.1, 0.15) is 0 Å². The number of carbonyl (C=O) groups is 1. The monoisotopic (exact) mass is 243 g/mol. The Bertz CT molecular complexity index is 209. The van der Waals surface area contributed by atoms with Crippen LogP contribution in [0.1, 0.15) is 13.3 Å². The predicted molar refractivity (Wildman–Crippen MR) is 50.8 cm³/mol. The Labute approximate surface area is 92.3 Å². The number of nitrogens with zero attached hydrogens (tertiary/aromatic N) is 1. The van der Waals surface area contributed by atoms with Crippen LogP contribution >= 0.6 is 0 Å². The van der Waals surface area contributed by atoms with E-state index in [1.807, 2.05) is 0 Å². The molecule has 0 aromatic rings. The van der Waals surface area contributed by atoms with Crippen LogP contribution in [0.25, 0.3) is 0 Å². The summed E-state index contributed by atoms with van der Waals surface area (Å²) in [5, 5.41) is 0. The summed E-state index contributed by atoms with van der Waals surface area (Å²) in [5.41, 5.74) is 0. The van der Waals surface area contributed by atoms with Gasteiger partial charge in [0, 0.05) is 13.1 Å². The molecule has 0 atom stereocenters. The molecular formula is C9H16F3NO3. The van der Waals surface area contributed by atoms with E-state index < -0.39 is 13.0 Å². The van der Waals surface area contributed by atoms with E-state index in [2.05, 4.69) is 9.47 Å². The average Bonchev–Trinajstić information content (AvgIpc) is 2.20. The van der Waals surface area contributed by atoms with Crippen molar-refractivity contribution in [3.63, 3.8) is 0 Å².